The lowest BCUT2D eigenvalue weighted by Crippen LogP contribution is -2.13. The quantitative estimate of drug-likeness (QED) is 0.532. The molecule has 1 heterocycles. The molecule has 0 spiro atoms. The molecule has 7 heteroatoms. The summed E-state index contributed by atoms with van der Waals surface area (Å²) < 4.78 is 33.9. The van der Waals surface area contributed by atoms with Gasteiger partial charge >= 0.3 is 0 Å². The zero-order chi connectivity index (χ0) is 20.4. The van der Waals surface area contributed by atoms with Gasteiger partial charge < -0.3 is 4.74 Å². The fraction of sp³-hybridized carbons (Fsp3) is 0.0909. The third-order valence-electron chi connectivity index (χ3n) is 4.69. The van der Waals surface area contributed by atoms with Crippen molar-refractivity contribution >= 4 is 26.5 Å². The van der Waals surface area contributed by atoms with E-state index in [9.17, 15) is 8.42 Å². The van der Waals surface area contributed by atoms with E-state index in [4.69, 9.17) is 4.74 Å². The number of nitrogens with one attached hydrogen (secondary N) is 1. The maximum absolute atomic E-state index is 12.9. The summed E-state index contributed by atoms with van der Waals surface area (Å²) in [5.74, 6) is 0.529. The van der Waals surface area contributed by atoms with E-state index >= 15 is 0 Å². The van der Waals surface area contributed by atoms with Crippen molar-refractivity contribution in [3.63, 3.8) is 0 Å². The number of nitrogens with zero attached hydrogens (tertiary/aromatic N) is 2. The predicted molar refractivity (Wildman–Crippen MR) is 114 cm³/mol. The van der Waals surface area contributed by atoms with Gasteiger partial charge in [-0.3, -0.25) is 4.72 Å². The van der Waals surface area contributed by atoms with Crippen molar-refractivity contribution in [2.75, 3.05) is 11.8 Å². The maximum Gasteiger partial charge on any atom is 0.261 e. The first-order valence-electron chi connectivity index (χ1n) is 8.94. The molecule has 0 unspecified atom stereocenters. The van der Waals surface area contributed by atoms with E-state index in [-0.39, 0.29) is 4.90 Å². The summed E-state index contributed by atoms with van der Waals surface area (Å²) in [5.41, 5.74) is 2.84. The van der Waals surface area contributed by atoms with Crippen molar-refractivity contribution < 1.29 is 13.2 Å². The van der Waals surface area contributed by atoms with Gasteiger partial charge in [0.2, 0.25) is 0 Å². The zero-order valence-electron chi connectivity index (χ0n) is 16.0. The summed E-state index contributed by atoms with van der Waals surface area (Å²) >= 11 is 0. The Labute approximate surface area is 169 Å². The van der Waals surface area contributed by atoms with Gasteiger partial charge in [0.05, 0.1) is 17.7 Å². The lowest BCUT2D eigenvalue weighted by atomic mass is 10.0. The Morgan fingerprint density at radius 3 is 2.48 bits per heavy atom. The molecule has 3 aromatic carbocycles. The first-order chi connectivity index (χ1) is 14.0. The monoisotopic (exact) mass is 405 g/mol. The molecule has 146 valence electrons. The largest absolute Gasteiger partial charge is 0.496 e. The molecule has 0 aliphatic carbocycles. The molecule has 29 heavy (non-hydrogen) atoms. The second-order valence-corrected chi connectivity index (χ2v) is 8.23. The number of ether oxygens (including phenoxy) is 1. The van der Waals surface area contributed by atoms with E-state index in [2.05, 4.69) is 14.7 Å². The summed E-state index contributed by atoms with van der Waals surface area (Å²) in [6, 6.07) is 17.8. The van der Waals surface area contributed by atoms with Crippen LogP contribution in [0.25, 0.3) is 21.9 Å². The smallest absolute Gasteiger partial charge is 0.261 e. The fourth-order valence-electron chi connectivity index (χ4n) is 3.18. The molecule has 6 nitrogen and oxygen atoms in total. The molecule has 0 fully saturated rings. The fourth-order valence-corrected chi connectivity index (χ4v) is 4.27. The van der Waals surface area contributed by atoms with Crippen molar-refractivity contribution in [3.05, 3.63) is 78.9 Å². The van der Waals surface area contributed by atoms with Crippen LogP contribution in [0.15, 0.2) is 78.1 Å². The number of methoxy groups -OCH3 is 1. The summed E-state index contributed by atoms with van der Waals surface area (Å²) in [4.78, 5) is 8.47. The van der Waals surface area contributed by atoms with Gasteiger partial charge in [0, 0.05) is 29.1 Å². The van der Waals surface area contributed by atoms with Crippen LogP contribution in [0.2, 0.25) is 0 Å². The van der Waals surface area contributed by atoms with E-state index in [0.29, 0.717) is 11.4 Å². The highest BCUT2D eigenvalue weighted by Gasteiger charge is 2.17. The molecular weight excluding hydrogens is 386 g/mol. The van der Waals surface area contributed by atoms with E-state index in [1.54, 1.807) is 49.7 Å². The van der Waals surface area contributed by atoms with E-state index in [0.717, 1.165) is 27.6 Å². The first kappa shape index (κ1) is 18.9. The van der Waals surface area contributed by atoms with Gasteiger partial charge in [-0.15, -0.1) is 0 Å². The van der Waals surface area contributed by atoms with Gasteiger partial charge in [-0.25, -0.2) is 18.4 Å². The van der Waals surface area contributed by atoms with Gasteiger partial charge in [-0.2, -0.15) is 0 Å². The molecule has 1 aromatic heterocycles. The summed E-state index contributed by atoms with van der Waals surface area (Å²) in [6.45, 7) is 1.88. The molecule has 0 aliphatic heterocycles. The number of hydrogen-bond donors (Lipinski definition) is 1. The Bertz CT molecular complexity index is 1300. The first-order valence-corrected chi connectivity index (χ1v) is 10.4. The Balaban J connectivity index is 1.68. The average molecular weight is 405 g/mol. The van der Waals surface area contributed by atoms with Gasteiger partial charge in [0.1, 0.15) is 12.1 Å². The Morgan fingerprint density at radius 1 is 0.931 bits per heavy atom. The van der Waals surface area contributed by atoms with Crippen LogP contribution in [-0.2, 0) is 10.0 Å². The van der Waals surface area contributed by atoms with Crippen LogP contribution < -0.4 is 9.46 Å². The molecule has 0 saturated heterocycles. The summed E-state index contributed by atoms with van der Waals surface area (Å²) in [7, 11) is -2.20. The molecule has 0 atom stereocenters. The van der Waals surface area contributed by atoms with Gasteiger partial charge in [0.25, 0.3) is 10.0 Å². The van der Waals surface area contributed by atoms with Crippen LogP contribution in [0.4, 0.5) is 5.69 Å². The summed E-state index contributed by atoms with van der Waals surface area (Å²) in [6.07, 6.45) is 3.19. The average Bonchev–Trinajstić information content (AvgIpc) is 2.73. The molecule has 1 N–H and O–H groups in total. The Morgan fingerprint density at radius 2 is 1.72 bits per heavy atom. The Hall–Kier alpha value is -3.45. The number of sulfonamides is 1. The van der Waals surface area contributed by atoms with E-state index in [1.807, 2.05) is 31.2 Å². The minimum absolute atomic E-state index is 0.201. The molecule has 0 bridgehead atoms. The van der Waals surface area contributed by atoms with Gasteiger partial charge in [-0.1, -0.05) is 30.3 Å². The lowest BCUT2D eigenvalue weighted by molar-refractivity contribution is 0.416. The topological polar surface area (TPSA) is 81.2 Å². The molecule has 0 aliphatic rings. The third kappa shape index (κ3) is 3.77. The summed E-state index contributed by atoms with van der Waals surface area (Å²) in [5, 5.41) is 1.85. The second kappa shape index (κ2) is 7.52. The van der Waals surface area contributed by atoms with E-state index < -0.39 is 10.0 Å². The minimum Gasteiger partial charge on any atom is -0.496 e. The lowest BCUT2D eigenvalue weighted by Gasteiger charge is -2.14. The number of aryl methyl sites for hydroxylation is 1. The molecular formula is C22H19N3O3S. The van der Waals surface area contributed by atoms with Crippen LogP contribution in [0.5, 0.6) is 5.75 Å². The second-order valence-electron chi connectivity index (χ2n) is 6.55. The highest BCUT2D eigenvalue weighted by molar-refractivity contribution is 7.92. The van der Waals surface area contributed by atoms with Crippen molar-refractivity contribution in [2.45, 2.75) is 11.8 Å². The Kier molecular flexibility index (Phi) is 4.90. The molecule has 0 saturated carbocycles. The van der Waals surface area contributed by atoms with Crippen LogP contribution in [0, 0.1) is 6.92 Å². The predicted octanol–water partition coefficient (Wildman–Crippen LogP) is 4.41. The highest BCUT2D eigenvalue weighted by Crippen LogP contribution is 2.34. The van der Waals surface area contributed by atoms with Gasteiger partial charge in [0.15, 0.2) is 0 Å². The number of benzene rings is 3. The maximum atomic E-state index is 12.9. The van der Waals surface area contributed by atoms with Crippen molar-refractivity contribution in [2.24, 2.45) is 0 Å². The SMILES string of the molecule is COc1cc(NS(=O)(=O)c2ccc3ccccc3c2)ccc1-c1cncnc1C. The zero-order valence-corrected chi connectivity index (χ0v) is 16.8. The van der Waals surface area contributed by atoms with Crippen LogP contribution in [0.1, 0.15) is 5.69 Å². The van der Waals surface area contributed by atoms with Crippen LogP contribution in [-0.4, -0.2) is 25.5 Å². The highest BCUT2D eigenvalue weighted by atomic mass is 32.2. The number of aromatic nitrogens is 2. The minimum atomic E-state index is -3.75. The standard InChI is InChI=1S/C22H19N3O3S/c1-15-21(13-23-14-24-15)20-10-8-18(12-22(20)28-2)25-29(26,27)19-9-7-16-5-3-4-6-17(16)11-19/h3-14,25H,1-2H3. The number of anilines is 1. The van der Waals surface area contributed by atoms with Crippen LogP contribution in [0.3, 0.4) is 0 Å². The van der Waals surface area contributed by atoms with Crippen LogP contribution >= 0.6 is 0 Å². The number of rotatable bonds is 5. The van der Waals surface area contributed by atoms with Crippen molar-refractivity contribution in [3.8, 4) is 16.9 Å². The van der Waals surface area contributed by atoms with Crippen molar-refractivity contribution in [1.29, 1.82) is 0 Å². The molecule has 4 aromatic rings. The van der Waals surface area contributed by atoms with Gasteiger partial charge in [-0.05, 0) is 42.0 Å². The molecule has 0 amide bonds. The molecule has 4 rings (SSSR count). The normalized spacial score (nSPS) is 11.4. The third-order valence-corrected chi connectivity index (χ3v) is 6.07. The molecule has 0 radical (unpaired) electrons. The number of fused-ring (bicyclic) bond motifs is 1. The van der Waals surface area contributed by atoms with Crippen molar-refractivity contribution in [1.82, 2.24) is 9.97 Å². The number of hydrogen-bond acceptors (Lipinski definition) is 5. The van der Waals surface area contributed by atoms with E-state index in [1.165, 1.54) is 6.33 Å².